The normalized spacial score (nSPS) is 9.88. The van der Waals surface area contributed by atoms with Crippen LogP contribution in [0.15, 0.2) is 24.3 Å². The second kappa shape index (κ2) is 7.72. The monoisotopic (exact) mass is 232 g/mol. The standard InChI is InChI=1S/C14H20N2O/c1-3-16(2)11-12-17-14-8-6-13(7-9-14)5-4-10-15/h6-9H,3,10-12,15H2,1-2H3. The first-order chi connectivity index (χ1) is 8.26. The highest BCUT2D eigenvalue weighted by Crippen LogP contribution is 2.11. The molecule has 0 aliphatic carbocycles. The zero-order valence-electron chi connectivity index (χ0n) is 10.6. The Balaban J connectivity index is 2.40. The Hall–Kier alpha value is -1.50. The fourth-order valence-corrected chi connectivity index (χ4v) is 1.27. The molecule has 0 amide bonds. The molecule has 3 nitrogen and oxygen atoms in total. The van der Waals surface area contributed by atoms with Crippen LogP contribution in [-0.4, -0.2) is 38.2 Å². The molecule has 0 aliphatic rings. The number of benzene rings is 1. The van der Waals surface area contributed by atoms with Crippen molar-refractivity contribution in [3.63, 3.8) is 0 Å². The molecule has 0 unspecified atom stereocenters. The summed E-state index contributed by atoms with van der Waals surface area (Å²) in [6, 6.07) is 7.77. The Morgan fingerprint density at radius 2 is 2.00 bits per heavy atom. The highest BCUT2D eigenvalue weighted by atomic mass is 16.5. The topological polar surface area (TPSA) is 38.5 Å². The van der Waals surface area contributed by atoms with Crippen LogP contribution in [0, 0.1) is 11.8 Å². The molecule has 0 saturated carbocycles. The van der Waals surface area contributed by atoms with Gasteiger partial charge in [0.1, 0.15) is 12.4 Å². The first-order valence-electron chi connectivity index (χ1n) is 5.86. The van der Waals surface area contributed by atoms with Gasteiger partial charge < -0.3 is 15.4 Å². The molecular formula is C14H20N2O. The van der Waals surface area contributed by atoms with E-state index in [0.29, 0.717) is 13.2 Å². The molecule has 1 rings (SSSR count). The summed E-state index contributed by atoms with van der Waals surface area (Å²) in [6.07, 6.45) is 0. The van der Waals surface area contributed by atoms with Gasteiger partial charge in [-0.2, -0.15) is 0 Å². The second-order valence-electron chi connectivity index (χ2n) is 3.77. The zero-order valence-corrected chi connectivity index (χ0v) is 10.6. The van der Waals surface area contributed by atoms with E-state index in [1.54, 1.807) is 0 Å². The summed E-state index contributed by atoms with van der Waals surface area (Å²) < 4.78 is 5.62. The van der Waals surface area contributed by atoms with E-state index in [9.17, 15) is 0 Å². The van der Waals surface area contributed by atoms with Crippen molar-refractivity contribution in [2.75, 3.05) is 33.3 Å². The molecule has 0 radical (unpaired) electrons. The molecule has 3 heteroatoms. The van der Waals surface area contributed by atoms with E-state index in [0.717, 1.165) is 24.4 Å². The quantitative estimate of drug-likeness (QED) is 0.778. The highest BCUT2D eigenvalue weighted by Gasteiger charge is 1.96. The first-order valence-corrected chi connectivity index (χ1v) is 5.86. The van der Waals surface area contributed by atoms with E-state index in [-0.39, 0.29) is 0 Å². The summed E-state index contributed by atoms with van der Waals surface area (Å²) in [7, 11) is 2.08. The van der Waals surface area contributed by atoms with Crippen LogP contribution in [0.1, 0.15) is 12.5 Å². The molecule has 0 saturated heterocycles. The molecule has 0 aromatic heterocycles. The van der Waals surface area contributed by atoms with E-state index in [2.05, 4.69) is 30.7 Å². The van der Waals surface area contributed by atoms with Crippen LogP contribution < -0.4 is 10.5 Å². The lowest BCUT2D eigenvalue weighted by Gasteiger charge is -2.14. The van der Waals surface area contributed by atoms with Crippen molar-refractivity contribution < 1.29 is 4.74 Å². The van der Waals surface area contributed by atoms with Gasteiger partial charge in [-0.1, -0.05) is 18.8 Å². The van der Waals surface area contributed by atoms with Crippen molar-refractivity contribution in [1.82, 2.24) is 4.90 Å². The van der Waals surface area contributed by atoms with Crippen LogP contribution in [0.5, 0.6) is 5.75 Å². The molecule has 0 bridgehead atoms. The summed E-state index contributed by atoms with van der Waals surface area (Å²) in [5.41, 5.74) is 6.28. The van der Waals surface area contributed by atoms with Crippen LogP contribution in [0.25, 0.3) is 0 Å². The van der Waals surface area contributed by atoms with Gasteiger partial charge in [0.2, 0.25) is 0 Å². The predicted octanol–water partition coefficient (Wildman–Crippen LogP) is 1.33. The number of ether oxygens (including phenoxy) is 1. The number of hydrogen-bond donors (Lipinski definition) is 1. The summed E-state index contributed by atoms with van der Waals surface area (Å²) in [5, 5.41) is 0. The van der Waals surface area contributed by atoms with E-state index in [1.165, 1.54) is 0 Å². The van der Waals surface area contributed by atoms with E-state index in [4.69, 9.17) is 10.5 Å². The van der Waals surface area contributed by atoms with Crippen molar-refractivity contribution in [3.8, 4) is 17.6 Å². The highest BCUT2D eigenvalue weighted by molar-refractivity contribution is 5.38. The molecule has 1 aromatic carbocycles. The Morgan fingerprint density at radius 1 is 1.29 bits per heavy atom. The number of rotatable bonds is 5. The third-order valence-electron chi connectivity index (χ3n) is 2.47. The van der Waals surface area contributed by atoms with Crippen molar-refractivity contribution >= 4 is 0 Å². The summed E-state index contributed by atoms with van der Waals surface area (Å²) >= 11 is 0. The molecule has 17 heavy (non-hydrogen) atoms. The van der Waals surface area contributed by atoms with Gasteiger partial charge in [0, 0.05) is 12.1 Å². The number of nitrogens with zero attached hydrogens (tertiary/aromatic N) is 1. The molecular weight excluding hydrogens is 212 g/mol. The summed E-state index contributed by atoms with van der Waals surface area (Å²) in [6.45, 7) is 5.20. The average molecular weight is 232 g/mol. The number of nitrogens with two attached hydrogens (primary N) is 1. The van der Waals surface area contributed by atoms with Gasteiger partial charge in [-0.15, -0.1) is 0 Å². The van der Waals surface area contributed by atoms with Gasteiger partial charge in [0.05, 0.1) is 6.54 Å². The molecule has 0 atom stereocenters. The Labute approximate surface area is 104 Å². The van der Waals surface area contributed by atoms with Crippen molar-refractivity contribution in [2.24, 2.45) is 5.73 Å². The minimum atomic E-state index is 0.390. The predicted molar refractivity (Wildman–Crippen MR) is 71.0 cm³/mol. The maximum Gasteiger partial charge on any atom is 0.119 e. The minimum absolute atomic E-state index is 0.390. The summed E-state index contributed by atoms with van der Waals surface area (Å²) in [5.74, 6) is 6.68. The third kappa shape index (κ3) is 5.39. The third-order valence-corrected chi connectivity index (χ3v) is 2.47. The van der Waals surface area contributed by atoms with Crippen LogP contribution in [0.4, 0.5) is 0 Å². The lowest BCUT2D eigenvalue weighted by atomic mass is 10.2. The van der Waals surface area contributed by atoms with Gasteiger partial charge >= 0.3 is 0 Å². The molecule has 0 spiro atoms. The first kappa shape index (κ1) is 13.6. The zero-order chi connectivity index (χ0) is 12.5. The molecule has 1 aromatic rings. The van der Waals surface area contributed by atoms with Crippen molar-refractivity contribution in [3.05, 3.63) is 29.8 Å². The van der Waals surface area contributed by atoms with Crippen LogP contribution in [0.3, 0.4) is 0 Å². The lowest BCUT2D eigenvalue weighted by Crippen LogP contribution is -2.23. The maximum atomic E-state index is 5.62. The van der Waals surface area contributed by atoms with Gasteiger partial charge in [-0.05, 0) is 37.9 Å². The summed E-state index contributed by atoms with van der Waals surface area (Å²) in [4.78, 5) is 2.21. The lowest BCUT2D eigenvalue weighted by molar-refractivity contribution is 0.244. The van der Waals surface area contributed by atoms with Gasteiger partial charge in [0.25, 0.3) is 0 Å². The number of hydrogen-bond acceptors (Lipinski definition) is 3. The fraction of sp³-hybridized carbons (Fsp3) is 0.429. The Kier molecular flexibility index (Phi) is 6.16. The van der Waals surface area contributed by atoms with E-state index >= 15 is 0 Å². The van der Waals surface area contributed by atoms with E-state index in [1.807, 2.05) is 24.3 Å². The van der Waals surface area contributed by atoms with Crippen molar-refractivity contribution in [1.29, 1.82) is 0 Å². The van der Waals surface area contributed by atoms with Crippen molar-refractivity contribution in [2.45, 2.75) is 6.92 Å². The smallest absolute Gasteiger partial charge is 0.119 e. The SMILES string of the molecule is CCN(C)CCOc1ccc(C#CCN)cc1. The average Bonchev–Trinajstić information content (AvgIpc) is 2.37. The molecule has 0 fully saturated rings. The van der Waals surface area contributed by atoms with Crippen LogP contribution >= 0.6 is 0 Å². The molecule has 2 N–H and O–H groups in total. The molecule has 0 heterocycles. The van der Waals surface area contributed by atoms with Gasteiger partial charge in [0.15, 0.2) is 0 Å². The molecule has 0 aliphatic heterocycles. The Morgan fingerprint density at radius 3 is 2.59 bits per heavy atom. The van der Waals surface area contributed by atoms with E-state index < -0.39 is 0 Å². The number of likely N-dealkylation sites (N-methyl/N-ethyl adjacent to an activating group) is 1. The maximum absolute atomic E-state index is 5.62. The fourth-order valence-electron chi connectivity index (χ4n) is 1.27. The van der Waals surface area contributed by atoms with Gasteiger partial charge in [-0.25, -0.2) is 0 Å². The van der Waals surface area contributed by atoms with Gasteiger partial charge in [-0.3, -0.25) is 0 Å². The minimum Gasteiger partial charge on any atom is -0.492 e. The molecule has 92 valence electrons. The van der Waals surface area contributed by atoms with Crippen LogP contribution in [-0.2, 0) is 0 Å². The second-order valence-corrected chi connectivity index (χ2v) is 3.77. The van der Waals surface area contributed by atoms with Crippen LogP contribution in [0.2, 0.25) is 0 Å². The largest absolute Gasteiger partial charge is 0.492 e. The Bertz CT molecular complexity index is 375.